The van der Waals surface area contributed by atoms with Crippen LogP contribution in [0, 0.1) is 20.2 Å². The Kier molecular flexibility index (Phi) is 23.7. The summed E-state index contributed by atoms with van der Waals surface area (Å²) in [5.74, 6) is -0.985. The van der Waals surface area contributed by atoms with Crippen LogP contribution in [0.4, 0.5) is 22.7 Å². The number of ketones is 2. The number of hydrogen-bond acceptors (Lipinski definition) is 15. The number of aliphatic hydroxyl groups is 2. The number of hydrogen-bond donors (Lipinski definition) is 6. The normalized spacial score (nSPS) is 13.5. The average molecular weight is 945 g/mol. The van der Waals surface area contributed by atoms with Gasteiger partial charge in [0, 0.05) is 65.8 Å². The van der Waals surface area contributed by atoms with Crippen molar-refractivity contribution in [3.05, 3.63) is 140 Å². The van der Waals surface area contributed by atoms with Gasteiger partial charge in [0.15, 0.2) is 0 Å². The minimum Gasteiger partial charge on any atom is -0.506 e. The summed E-state index contributed by atoms with van der Waals surface area (Å²) in [7, 11) is 0. The summed E-state index contributed by atoms with van der Waals surface area (Å²) >= 11 is 0. The van der Waals surface area contributed by atoms with Gasteiger partial charge in [-0.3, -0.25) is 45.6 Å². The number of unbranched alkanes of at least 4 members (excludes halogenated alkanes) is 9. The van der Waals surface area contributed by atoms with Crippen LogP contribution in [0.1, 0.15) is 94.8 Å². The van der Waals surface area contributed by atoms with Gasteiger partial charge in [-0.15, -0.1) is 0 Å². The second kappa shape index (κ2) is 29.1. The van der Waals surface area contributed by atoms with E-state index in [2.05, 4.69) is 32.9 Å². The fourth-order valence-corrected chi connectivity index (χ4v) is 6.83. The van der Waals surface area contributed by atoms with E-state index in [-0.39, 0.29) is 89.2 Å². The third-order valence-corrected chi connectivity index (χ3v) is 10.3. The van der Waals surface area contributed by atoms with Crippen LogP contribution in [0.25, 0.3) is 12.2 Å². The van der Waals surface area contributed by atoms with Gasteiger partial charge in [-0.05, 0) is 48.4 Å². The number of phenolic OH excluding ortho intramolecular Hbond substituents is 2. The number of carbonyl (C=O) groups is 2. The SMILES string of the molecule is CCCCCCCCCCCCN(CCO)CCO.O=C1C=Cc2ccccc2/C1=N/Nc1cc([N+](=O)[O-])ccc1O.O=C1C=Cc2ccccc2/C1=N/Nc1cc([N+](=O)[O-])ccc1O.[Cr].[H+]. The molecule has 4 aromatic carbocycles. The Morgan fingerprint density at radius 1 is 0.576 bits per heavy atom. The number of carbonyl (C=O) groups excluding carboxylic acids is 2. The molecule has 0 bridgehead atoms. The second-order valence-electron chi connectivity index (χ2n) is 15.1. The number of phenols is 2. The van der Waals surface area contributed by atoms with Crippen LogP contribution in [-0.2, 0) is 27.0 Å². The molecule has 6 rings (SSSR count). The third-order valence-electron chi connectivity index (χ3n) is 10.3. The number of nitro benzene ring substituents is 2. The van der Waals surface area contributed by atoms with E-state index in [1.165, 1.54) is 101 Å². The smallest absolute Gasteiger partial charge is 0.506 e. The van der Waals surface area contributed by atoms with Gasteiger partial charge in [-0.25, -0.2) is 0 Å². The zero-order valence-electron chi connectivity index (χ0n) is 37.9. The standard InChI is InChI=1S/2C16H11N3O4.C16H35NO2.Cr/c2*20-14-8-6-11(19(22)23)9-13(14)17-18-16-12-4-2-1-3-10(12)5-7-15(16)21;1-2-3-4-5-6-7-8-9-10-11-12-17(13-15-18)14-16-19;/h2*1-9,17,20H;18-19H,2-16H2,1H3;/p+1/b2*18-16-;;. The summed E-state index contributed by atoms with van der Waals surface area (Å²) in [6.07, 6.45) is 19.7. The summed E-state index contributed by atoms with van der Waals surface area (Å²) < 4.78 is 0. The number of aromatic hydroxyl groups is 2. The van der Waals surface area contributed by atoms with Gasteiger partial charge < -0.3 is 20.4 Å². The van der Waals surface area contributed by atoms with Gasteiger partial charge in [0.05, 0.1) is 23.1 Å². The van der Waals surface area contributed by atoms with E-state index in [9.17, 15) is 40.0 Å². The third kappa shape index (κ3) is 17.1. The Hall–Kier alpha value is -6.55. The summed E-state index contributed by atoms with van der Waals surface area (Å²) in [6, 6.07) is 21.5. The zero-order valence-corrected chi connectivity index (χ0v) is 38.2. The molecule has 0 aliphatic heterocycles. The van der Waals surface area contributed by atoms with Gasteiger partial charge in [0.25, 0.3) is 11.4 Å². The number of benzene rings is 4. The van der Waals surface area contributed by atoms with Crippen LogP contribution in [0.15, 0.2) is 107 Å². The molecular formula is C48H58CrN7O10+. The molecule has 2 aliphatic rings. The predicted octanol–water partition coefficient (Wildman–Crippen LogP) is 8.73. The van der Waals surface area contributed by atoms with Crippen molar-refractivity contribution in [1.29, 1.82) is 0 Å². The molecular weight excluding hydrogens is 887 g/mol. The molecule has 0 radical (unpaired) electrons. The van der Waals surface area contributed by atoms with Crippen molar-refractivity contribution in [2.75, 3.05) is 43.7 Å². The zero-order chi connectivity index (χ0) is 47.0. The Bertz CT molecular complexity index is 2230. The van der Waals surface area contributed by atoms with E-state index in [0.717, 1.165) is 29.8 Å². The number of non-ortho nitro benzene ring substituents is 2. The number of anilines is 2. The van der Waals surface area contributed by atoms with Crippen molar-refractivity contribution in [3.63, 3.8) is 0 Å². The number of rotatable bonds is 21. The predicted molar refractivity (Wildman–Crippen MR) is 254 cm³/mol. The molecule has 0 saturated carbocycles. The maximum Gasteiger partial charge on any atom is 1.00 e. The molecule has 0 heterocycles. The number of hydrazone groups is 2. The summed E-state index contributed by atoms with van der Waals surface area (Å²) in [4.78, 5) is 46.6. The minimum absolute atomic E-state index is 0. The molecule has 18 heteroatoms. The molecule has 4 aromatic rings. The Morgan fingerprint density at radius 3 is 1.36 bits per heavy atom. The van der Waals surface area contributed by atoms with Crippen LogP contribution in [-0.4, -0.2) is 91.0 Å². The van der Waals surface area contributed by atoms with Gasteiger partial charge in [-0.2, -0.15) is 10.2 Å². The first-order valence-corrected chi connectivity index (χ1v) is 21.7. The molecule has 0 saturated heterocycles. The number of fused-ring (bicyclic) bond motifs is 2. The summed E-state index contributed by atoms with van der Waals surface area (Å²) in [5, 5.41) is 66.9. The van der Waals surface area contributed by atoms with E-state index in [0.29, 0.717) is 24.2 Å². The van der Waals surface area contributed by atoms with Gasteiger partial charge >= 0.3 is 1.43 Å². The molecule has 6 N–H and O–H groups in total. The molecule has 0 fully saturated rings. The van der Waals surface area contributed by atoms with Crippen LogP contribution in [0.3, 0.4) is 0 Å². The molecule has 350 valence electrons. The van der Waals surface area contributed by atoms with Crippen molar-refractivity contribution in [3.8, 4) is 11.5 Å². The molecule has 0 amide bonds. The minimum atomic E-state index is -0.582. The largest absolute Gasteiger partial charge is 1.00 e. The Labute approximate surface area is 396 Å². The summed E-state index contributed by atoms with van der Waals surface area (Å²) in [5.41, 5.74) is 8.10. The monoisotopic (exact) mass is 944 g/mol. The molecule has 66 heavy (non-hydrogen) atoms. The fraction of sp³-hybridized carbons (Fsp3) is 0.333. The van der Waals surface area contributed by atoms with Crippen molar-refractivity contribution >= 4 is 57.9 Å². The van der Waals surface area contributed by atoms with Gasteiger partial charge in [0.2, 0.25) is 11.6 Å². The molecule has 0 spiro atoms. The fourth-order valence-electron chi connectivity index (χ4n) is 6.83. The molecule has 17 nitrogen and oxygen atoms in total. The molecule has 0 unspecified atom stereocenters. The maximum absolute atomic E-state index is 12.0. The van der Waals surface area contributed by atoms with E-state index in [4.69, 9.17) is 10.2 Å². The molecule has 0 atom stereocenters. The van der Waals surface area contributed by atoms with E-state index in [1.54, 1.807) is 36.4 Å². The first-order chi connectivity index (χ1) is 31.5. The first kappa shape index (κ1) is 53.8. The number of aliphatic hydroxyl groups excluding tert-OH is 2. The topological polar surface area (TPSA) is 253 Å². The van der Waals surface area contributed by atoms with Crippen LogP contribution < -0.4 is 10.9 Å². The molecule has 2 aliphatic carbocycles. The van der Waals surface area contributed by atoms with Crippen molar-refractivity contribution in [2.45, 2.75) is 71.1 Å². The second-order valence-corrected chi connectivity index (χ2v) is 15.1. The number of nitrogens with one attached hydrogen (secondary N) is 2. The number of allylic oxidation sites excluding steroid dienone is 2. The number of nitro groups is 2. The quantitative estimate of drug-likeness (QED) is 0.0198. The number of nitrogens with zero attached hydrogens (tertiary/aromatic N) is 5. The average Bonchev–Trinajstić information content (AvgIpc) is 3.30. The van der Waals surface area contributed by atoms with Crippen LogP contribution in [0.5, 0.6) is 11.5 Å². The van der Waals surface area contributed by atoms with Crippen LogP contribution >= 0.6 is 0 Å². The van der Waals surface area contributed by atoms with Crippen LogP contribution in [0.2, 0.25) is 0 Å². The van der Waals surface area contributed by atoms with E-state index < -0.39 is 9.85 Å². The van der Waals surface area contributed by atoms with Gasteiger partial charge in [-0.1, -0.05) is 125 Å². The summed E-state index contributed by atoms with van der Waals surface area (Å²) in [6.45, 7) is 5.04. The first-order valence-electron chi connectivity index (χ1n) is 21.7. The van der Waals surface area contributed by atoms with E-state index >= 15 is 0 Å². The Morgan fingerprint density at radius 2 is 0.970 bits per heavy atom. The Balaban J connectivity index is 0.000000343. The van der Waals surface area contributed by atoms with Crippen molar-refractivity contribution in [2.24, 2.45) is 10.2 Å². The van der Waals surface area contributed by atoms with Crippen molar-refractivity contribution in [1.82, 2.24) is 4.90 Å². The van der Waals surface area contributed by atoms with E-state index in [1.807, 2.05) is 24.3 Å². The molecule has 0 aromatic heterocycles. The maximum atomic E-state index is 12.0. The van der Waals surface area contributed by atoms with Crippen molar-refractivity contribution < 1.29 is 58.6 Å². The van der Waals surface area contributed by atoms with Gasteiger partial charge in [0.1, 0.15) is 34.3 Å².